The first-order valence-corrected chi connectivity index (χ1v) is 8.64. The molecule has 1 aromatic rings. The lowest BCUT2D eigenvalue weighted by Gasteiger charge is -2.61. The van der Waals surface area contributed by atoms with E-state index >= 15 is 0 Å². The Morgan fingerprint density at radius 2 is 1.74 bits per heavy atom. The van der Waals surface area contributed by atoms with Crippen molar-refractivity contribution in [2.24, 2.45) is 23.0 Å². The average Bonchev–Trinajstić information content (AvgIpc) is 2.52. The van der Waals surface area contributed by atoms with E-state index in [1.165, 1.54) is 24.8 Å². The molecule has 23 heavy (non-hydrogen) atoms. The molecule has 0 radical (unpaired) electrons. The van der Waals surface area contributed by atoms with E-state index in [1.54, 1.807) is 0 Å². The standard InChI is InChI=1S/C19H24N2O2/c20-16(22)11-21-17(23)19-9-13-6-14(10-19)8-18(7-13,12-19)15-4-2-1-3-5-15/h1-5,13-14H,6-12H2,(H2,20,22)(H,21,23)/t13-,14?,18?,19?/m1/s1. The first kappa shape index (κ1) is 14.7. The van der Waals surface area contributed by atoms with Crippen LogP contribution < -0.4 is 11.1 Å². The van der Waals surface area contributed by atoms with E-state index in [2.05, 4.69) is 35.6 Å². The van der Waals surface area contributed by atoms with Crippen molar-refractivity contribution in [3.8, 4) is 0 Å². The summed E-state index contributed by atoms with van der Waals surface area (Å²) >= 11 is 0. The minimum absolute atomic E-state index is 0.0470. The van der Waals surface area contributed by atoms with E-state index < -0.39 is 5.91 Å². The van der Waals surface area contributed by atoms with Crippen LogP contribution in [0.5, 0.6) is 0 Å². The van der Waals surface area contributed by atoms with Crippen LogP contribution in [0.4, 0.5) is 0 Å². The Bertz CT molecular complexity index is 626. The summed E-state index contributed by atoms with van der Waals surface area (Å²) in [5.41, 5.74) is 6.44. The van der Waals surface area contributed by atoms with Crippen LogP contribution in [-0.2, 0) is 15.0 Å². The van der Waals surface area contributed by atoms with Gasteiger partial charge in [-0.15, -0.1) is 0 Å². The molecule has 1 aromatic carbocycles. The highest BCUT2D eigenvalue weighted by molar-refractivity contribution is 5.87. The zero-order chi connectivity index (χ0) is 16.1. The van der Waals surface area contributed by atoms with Crippen molar-refractivity contribution in [1.29, 1.82) is 0 Å². The Kier molecular flexibility index (Phi) is 3.26. The number of carbonyl (C=O) groups is 2. The molecule has 0 aliphatic heterocycles. The van der Waals surface area contributed by atoms with Crippen molar-refractivity contribution < 1.29 is 9.59 Å². The van der Waals surface area contributed by atoms with E-state index in [4.69, 9.17) is 5.73 Å². The molecule has 3 unspecified atom stereocenters. The normalized spacial score (nSPS) is 37.6. The highest BCUT2D eigenvalue weighted by Crippen LogP contribution is 2.65. The second kappa shape index (κ2) is 5.08. The molecule has 4 saturated carbocycles. The van der Waals surface area contributed by atoms with Gasteiger partial charge in [0, 0.05) is 0 Å². The number of hydrogen-bond acceptors (Lipinski definition) is 2. The summed E-state index contributed by atoms with van der Waals surface area (Å²) in [6.45, 7) is -0.0474. The Morgan fingerprint density at radius 3 is 2.35 bits per heavy atom. The predicted octanol–water partition coefficient (Wildman–Crippen LogP) is 2.13. The Hall–Kier alpha value is -1.84. The van der Waals surface area contributed by atoms with E-state index in [-0.39, 0.29) is 23.3 Å². The van der Waals surface area contributed by atoms with E-state index in [9.17, 15) is 9.59 Å². The summed E-state index contributed by atoms with van der Waals surface area (Å²) in [4.78, 5) is 23.9. The molecule has 4 nitrogen and oxygen atoms in total. The third kappa shape index (κ3) is 2.35. The van der Waals surface area contributed by atoms with Crippen molar-refractivity contribution in [3.05, 3.63) is 35.9 Å². The van der Waals surface area contributed by atoms with Gasteiger partial charge in [-0.05, 0) is 61.3 Å². The van der Waals surface area contributed by atoms with Gasteiger partial charge in [-0.25, -0.2) is 0 Å². The molecular formula is C19H24N2O2. The smallest absolute Gasteiger partial charge is 0.236 e. The second-order valence-corrected chi connectivity index (χ2v) is 8.04. The summed E-state index contributed by atoms with van der Waals surface area (Å²) in [7, 11) is 0. The molecule has 4 aliphatic carbocycles. The predicted molar refractivity (Wildman–Crippen MR) is 87.4 cm³/mol. The van der Waals surface area contributed by atoms with Crippen molar-refractivity contribution in [1.82, 2.24) is 5.32 Å². The molecule has 4 aliphatic rings. The van der Waals surface area contributed by atoms with Crippen LogP contribution in [0.2, 0.25) is 0 Å². The van der Waals surface area contributed by atoms with Gasteiger partial charge in [0.1, 0.15) is 0 Å². The first-order chi connectivity index (χ1) is 11.0. The highest BCUT2D eigenvalue weighted by atomic mass is 16.2. The van der Waals surface area contributed by atoms with E-state index in [1.807, 2.05) is 0 Å². The number of nitrogens with one attached hydrogen (secondary N) is 1. The van der Waals surface area contributed by atoms with Crippen molar-refractivity contribution in [2.45, 2.75) is 43.9 Å². The fraction of sp³-hybridized carbons (Fsp3) is 0.579. The molecule has 0 heterocycles. The SMILES string of the molecule is NC(=O)CNC(=O)C12CC3C[C@@H](C1)CC(c1ccccc1)(C3)C2. The summed E-state index contributed by atoms with van der Waals surface area (Å²) < 4.78 is 0. The number of amides is 2. The van der Waals surface area contributed by atoms with Gasteiger partial charge in [0.2, 0.25) is 11.8 Å². The molecule has 0 saturated heterocycles. The van der Waals surface area contributed by atoms with Crippen LogP contribution >= 0.6 is 0 Å². The Morgan fingerprint density at radius 1 is 1.09 bits per heavy atom. The topological polar surface area (TPSA) is 72.2 Å². The summed E-state index contributed by atoms with van der Waals surface area (Å²) in [5, 5.41) is 2.79. The lowest BCUT2D eigenvalue weighted by molar-refractivity contribution is -0.149. The van der Waals surface area contributed by atoms with Crippen LogP contribution in [0.1, 0.15) is 44.1 Å². The third-order valence-electron chi connectivity index (χ3n) is 6.35. The van der Waals surface area contributed by atoms with Crippen LogP contribution in [0.3, 0.4) is 0 Å². The van der Waals surface area contributed by atoms with E-state index in [0.29, 0.717) is 11.8 Å². The molecule has 3 N–H and O–H groups in total. The molecule has 4 atom stereocenters. The van der Waals surface area contributed by atoms with Gasteiger partial charge in [0.05, 0.1) is 12.0 Å². The molecule has 4 fully saturated rings. The maximum atomic E-state index is 12.9. The van der Waals surface area contributed by atoms with Crippen molar-refractivity contribution >= 4 is 11.8 Å². The maximum Gasteiger partial charge on any atom is 0.236 e. The number of nitrogens with two attached hydrogens (primary N) is 1. The Balaban J connectivity index is 1.66. The van der Waals surface area contributed by atoms with Gasteiger partial charge in [0.15, 0.2) is 0 Å². The van der Waals surface area contributed by atoms with Crippen LogP contribution in [0, 0.1) is 17.3 Å². The summed E-state index contributed by atoms with van der Waals surface area (Å²) in [5.74, 6) is 0.845. The minimum atomic E-state index is -0.471. The van der Waals surface area contributed by atoms with Crippen LogP contribution in [-0.4, -0.2) is 18.4 Å². The Labute approximate surface area is 136 Å². The fourth-order valence-electron chi connectivity index (χ4n) is 6.01. The van der Waals surface area contributed by atoms with Gasteiger partial charge in [-0.2, -0.15) is 0 Å². The lowest BCUT2D eigenvalue weighted by Crippen LogP contribution is -2.59. The monoisotopic (exact) mass is 312 g/mol. The summed E-state index contributed by atoms with van der Waals surface area (Å²) in [6, 6.07) is 10.7. The molecular weight excluding hydrogens is 288 g/mol. The van der Waals surface area contributed by atoms with Gasteiger partial charge in [-0.1, -0.05) is 30.3 Å². The molecule has 4 bridgehead atoms. The number of benzene rings is 1. The summed E-state index contributed by atoms with van der Waals surface area (Å²) in [6.07, 6.45) is 6.54. The third-order valence-corrected chi connectivity index (χ3v) is 6.35. The van der Waals surface area contributed by atoms with Crippen LogP contribution in [0.25, 0.3) is 0 Å². The van der Waals surface area contributed by atoms with Crippen molar-refractivity contribution in [2.75, 3.05) is 6.54 Å². The number of hydrogen-bond donors (Lipinski definition) is 2. The largest absolute Gasteiger partial charge is 0.368 e. The fourth-order valence-corrected chi connectivity index (χ4v) is 6.01. The van der Waals surface area contributed by atoms with Gasteiger partial charge < -0.3 is 11.1 Å². The number of carbonyl (C=O) groups excluding carboxylic acids is 2. The molecule has 2 amide bonds. The quantitative estimate of drug-likeness (QED) is 0.894. The van der Waals surface area contributed by atoms with E-state index in [0.717, 1.165) is 19.3 Å². The highest BCUT2D eigenvalue weighted by Gasteiger charge is 2.60. The van der Waals surface area contributed by atoms with Gasteiger partial charge >= 0.3 is 0 Å². The molecule has 122 valence electrons. The zero-order valence-electron chi connectivity index (χ0n) is 13.4. The van der Waals surface area contributed by atoms with Gasteiger partial charge in [0.25, 0.3) is 0 Å². The number of rotatable bonds is 4. The average molecular weight is 312 g/mol. The van der Waals surface area contributed by atoms with Gasteiger partial charge in [-0.3, -0.25) is 9.59 Å². The first-order valence-electron chi connectivity index (χ1n) is 8.64. The number of primary amides is 1. The minimum Gasteiger partial charge on any atom is -0.368 e. The lowest BCUT2D eigenvalue weighted by atomic mass is 9.42. The molecule has 5 rings (SSSR count). The molecule has 0 spiro atoms. The molecule has 0 aromatic heterocycles. The van der Waals surface area contributed by atoms with Crippen LogP contribution in [0.15, 0.2) is 30.3 Å². The second-order valence-electron chi connectivity index (χ2n) is 8.04. The zero-order valence-corrected chi connectivity index (χ0v) is 13.4. The maximum absolute atomic E-state index is 12.9. The molecule has 4 heteroatoms. The van der Waals surface area contributed by atoms with Crippen molar-refractivity contribution in [3.63, 3.8) is 0 Å².